The number of benzene rings is 1. The molecule has 0 spiro atoms. The molecule has 0 fully saturated rings. The average Bonchev–Trinajstić information content (AvgIpc) is 2.39. The largest absolute Gasteiger partial charge is 0.501 e. The highest BCUT2D eigenvalue weighted by atomic mass is 32.2. The minimum Gasteiger partial charge on any atom is -0.394 e. The monoisotopic (exact) mass is 331 g/mol. The fourth-order valence-corrected chi connectivity index (χ4v) is 2.33. The van der Waals surface area contributed by atoms with Crippen molar-refractivity contribution in [2.75, 3.05) is 18.5 Å². The van der Waals surface area contributed by atoms with E-state index in [1.54, 1.807) is 0 Å². The van der Waals surface area contributed by atoms with E-state index in [0.29, 0.717) is 0 Å². The lowest BCUT2D eigenvalue weighted by Crippen LogP contribution is -2.43. The third kappa shape index (κ3) is 3.63. The third-order valence-electron chi connectivity index (χ3n) is 2.67. The molecule has 0 heterocycles. The molecule has 10 heteroatoms. The Bertz CT molecular complexity index is 611. The van der Waals surface area contributed by atoms with E-state index in [9.17, 15) is 26.0 Å². The van der Waals surface area contributed by atoms with Gasteiger partial charge in [0, 0.05) is 0 Å². The molecule has 0 bridgehead atoms. The van der Waals surface area contributed by atoms with Crippen LogP contribution in [0.1, 0.15) is 6.92 Å². The van der Waals surface area contributed by atoms with Crippen LogP contribution in [0.15, 0.2) is 23.1 Å². The molecular weight excluding hydrogens is 318 g/mol. The molecule has 21 heavy (non-hydrogen) atoms. The molecule has 0 saturated heterocycles. The lowest BCUT2D eigenvalue weighted by Gasteiger charge is -2.28. The van der Waals surface area contributed by atoms with Gasteiger partial charge in [0.05, 0.1) is 24.4 Å². The zero-order valence-corrected chi connectivity index (χ0v) is 11.6. The fourth-order valence-electron chi connectivity index (χ4n) is 1.40. The van der Waals surface area contributed by atoms with Crippen LogP contribution in [0.4, 0.5) is 23.2 Å². The van der Waals surface area contributed by atoms with Crippen molar-refractivity contribution in [2.24, 2.45) is 0 Å². The molecule has 1 aromatic rings. The number of hydrogen-bond donors (Lipinski definition) is 3. The molecule has 0 aliphatic heterocycles. The van der Waals surface area contributed by atoms with Gasteiger partial charge < -0.3 is 15.5 Å². The van der Waals surface area contributed by atoms with Gasteiger partial charge in [-0.1, -0.05) is 0 Å². The molecule has 0 atom stereocenters. The molecule has 0 aromatic heterocycles. The van der Waals surface area contributed by atoms with Crippen LogP contribution < -0.4 is 5.32 Å². The Morgan fingerprint density at radius 1 is 1.19 bits per heavy atom. The lowest BCUT2D eigenvalue weighted by atomic mass is 10.1. The highest BCUT2D eigenvalue weighted by Crippen LogP contribution is 2.35. The van der Waals surface area contributed by atoms with Gasteiger partial charge in [-0.15, -0.1) is 0 Å². The first-order valence-corrected chi connectivity index (χ1v) is 7.06. The summed E-state index contributed by atoms with van der Waals surface area (Å²) in [5.41, 5.74) is -7.65. The van der Waals surface area contributed by atoms with Gasteiger partial charge in [-0.25, -0.2) is 12.8 Å². The molecule has 1 aromatic carbocycles. The molecule has 0 unspecified atom stereocenters. The normalized spacial score (nSPS) is 13.3. The lowest BCUT2D eigenvalue weighted by molar-refractivity contribution is -0.0435. The van der Waals surface area contributed by atoms with Gasteiger partial charge in [0.1, 0.15) is 10.7 Å². The topological polar surface area (TPSA) is 86.6 Å². The van der Waals surface area contributed by atoms with Crippen molar-refractivity contribution in [2.45, 2.75) is 22.9 Å². The second-order valence-electron chi connectivity index (χ2n) is 4.59. The molecule has 0 saturated carbocycles. The third-order valence-corrected chi connectivity index (χ3v) is 4.20. The van der Waals surface area contributed by atoms with E-state index in [0.717, 1.165) is 12.1 Å². The maximum absolute atomic E-state index is 13.1. The summed E-state index contributed by atoms with van der Waals surface area (Å²) in [5, 5.41) is 20.5. The Kier molecular flexibility index (Phi) is 4.86. The zero-order valence-electron chi connectivity index (χ0n) is 10.8. The number of anilines is 1. The maximum Gasteiger partial charge on any atom is 0.501 e. The molecule has 0 aliphatic carbocycles. The fraction of sp³-hybridized carbons (Fsp3) is 0.455. The Balaban J connectivity index is 3.44. The SMILES string of the molecule is CC(CO)(CO)Nc1ccc(F)cc1S(=O)(=O)C(F)(F)F. The van der Waals surface area contributed by atoms with Crippen molar-refractivity contribution in [3.05, 3.63) is 24.0 Å². The quantitative estimate of drug-likeness (QED) is 0.708. The summed E-state index contributed by atoms with van der Waals surface area (Å²) in [7, 11) is -5.78. The Morgan fingerprint density at radius 2 is 1.71 bits per heavy atom. The van der Waals surface area contributed by atoms with E-state index in [4.69, 9.17) is 10.2 Å². The zero-order chi connectivity index (χ0) is 16.5. The van der Waals surface area contributed by atoms with Crippen LogP contribution in [0, 0.1) is 5.82 Å². The first kappa shape index (κ1) is 17.7. The average molecular weight is 331 g/mol. The number of aliphatic hydroxyl groups is 2. The molecular formula is C11H13F4NO4S. The second kappa shape index (κ2) is 5.78. The minimum atomic E-state index is -5.78. The number of alkyl halides is 3. The summed E-state index contributed by atoms with van der Waals surface area (Å²) in [6, 6.07) is 1.77. The second-order valence-corrected chi connectivity index (χ2v) is 6.50. The van der Waals surface area contributed by atoms with E-state index in [1.165, 1.54) is 6.92 Å². The summed E-state index contributed by atoms with van der Waals surface area (Å²) in [4.78, 5) is -1.32. The van der Waals surface area contributed by atoms with E-state index in [-0.39, 0.29) is 6.07 Å². The van der Waals surface area contributed by atoms with Crippen LogP contribution in [0.5, 0.6) is 0 Å². The van der Waals surface area contributed by atoms with E-state index in [1.807, 2.05) is 0 Å². The molecule has 5 nitrogen and oxygen atoms in total. The number of sulfone groups is 1. The van der Waals surface area contributed by atoms with E-state index >= 15 is 0 Å². The van der Waals surface area contributed by atoms with Gasteiger partial charge in [0.2, 0.25) is 0 Å². The maximum atomic E-state index is 13.1. The number of rotatable bonds is 5. The summed E-state index contributed by atoms with van der Waals surface area (Å²) in [6.45, 7) is -0.126. The smallest absolute Gasteiger partial charge is 0.394 e. The van der Waals surface area contributed by atoms with Crippen molar-refractivity contribution in [1.82, 2.24) is 0 Å². The number of halogens is 4. The van der Waals surface area contributed by atoms with Crippen LogP contribution in [0.3, 0.4) is 0 Å². The summed E-state index contributed by atoms with van der Waals surface area (Å²) < 4.78 is 73.7. The summed E-state index contributed by atoms with van der Waals surface area (Å²) >= 11 is 0. The molecule has 0 amide bonds. The number of aliphatic hydroxyl groups excluding tert-OH is 2. The van der Waals surface area contributed by atoms with Crippen molar-refractivity contribution in [3.8, 4) is 0 Å². The van der Waals surface area contributed by atoms with E-state index in [2.05, 4.69) is 5.32 Å². The van der Waals surface area contributed by atoms with Crippen LogP contribution in [-0.4, -0.2) is 42.9 Å². The van der Waals surface area contributed by atoms with Gasteiger partial charge in [0.15, 0.2) is 0 Å². The van der Waals surface area contributed by atoms with Gasteiger partial charge in [-0.05, 0) is 25.1 Å². The predicted molar refractivity (Wildman–Crippen MR) is 65.8 cm³/mol. The molecule has 0 aliphatic rings. The number of nitrogens with one attached hydrogen (secondary N) is 1. The highest BCUT2D eigenvalue weighted by Gasteiger charge is 2.48. The minimum absolute atomic E-state index is 0.223. The molecule has 0 radical (unpaired) electrons. The van der Waals surface area contributed by atoms with Crippen molar-refractivity contribution in [3.63, 3.8) is 0 Å². The van der Waals surface area contributed by atoms with Crippen LogP contribution in [-0.2, 0) is 9.84 Å². The molecule has 1 rings (SSSR count). The van der Waals surface area contributed by atoms with Crippen molar-refractivity contribution < 1.29 is 36.2 Å². The van der Waals surface area contributed by atoms with Gasteiger partial charge >= 0.3 is 5.51 Å². The van der Waals surface area contributed by atoms with Gasteiger partial charge in [-0.2, -0.15) is 13.2 Å². The van der Waals surface area contributed by atoms with Gasteiger partial charge in [-0.3, -0.25) is 0 Å². The standard InChI is InChI=1S/C11H13F4NO4S/c1-10(5-17,6-18)16-8-3-2-7(12)4-9(8)21(19,20)11(13,14)15/h2-4,16-18H,5-6H2,1H3. The Labute approximate surface area is 118 Å². The first-order chi connectivity index (χ1) is 9.47. The van der Waals surface area contributed by atoms with Crippen molar-refractivity contribution in [1.29, 1.82) is 0 Å². The van der Waals surface area contributed by atoms with Crippen LogP contribution in [0.2, 0.25) is 0 Å². The predicted octanol–water partition coefficient (Wildman–Crippen LogP) is 1.27. The number of hydrogen-bond acceptors (Lipinski definition) is 5. The molecule has 3 N–H and O–H groups in total. The first-order valence-electron chi connectivity index (χ1n) is 5.58. The Morgan fingerprint density at radius 3 is 2.14 bits per heavy atom. The summed E-state index contributed by atoms with van der Waals surface area (Å²) in [6.07, 6.45) is 0. The van der Waals surface area contributed by atoms with E-state index < -0.39 is 50.5 Å². The van der Waals surface area contributed by atoms with Crippen LogP contribution >= 0.6 is 0 Å². The highest BCUT2D eigenvalue weighted by molar-refractivity contribution is 7.92. The molecule has 120 valence electrons. The van der Waals surface area contributed by atoms with Gasteiger partial charge in [0.25, 0.3) is 9.84 Å². The van der Waals surface area contributed by atoms with Crippen molar-refractivity contribution >= 4 is 15.5 Å². The van der Waals surface area contributed by atoms with Crippen LogP contribution in [0.25, 0.3) is 0 Å². The summed E-state index contributed by atoms with van der Waals surface area (Å²) in [5.74, 6) is -1.17. The Hall–Kier alpha value is -1.39.